The van der Waals surface area contributed by atoms with Crippen LogP contribution in [0, 0.1) is 0 Å². The van der Waals surface area contributed by atoms with E-state index in [0.717, 1.165) is 11.1 Å². The summed E-state index contributed by atoms with van der Waals surface area (Å²) >= 11 is 0. The SMILES string of the molecule is C=C(C)COc1c(CNCc2nc3ccccc3c(=O)[nH]2)cccc1OC. The van der Waals surface area contributed by atoms with Crippen molar-refractivity contribution in [2.45, 2.75) is 20.0 Å². The fraction of sp³-hybridized carbons (Fsp3) is 0.238. The summed E-state index contributed by atoms with van der Waals surface area (Å²) in [6.45, 7) is 7.17. The van der Waals surface area contributed by atoms with Crippen LogP contribution in [-0.2, 0) is 13.1 Å². The van der Waals surface area contributed by atoms with Crippen LogP contribution in [0.2, 0.25) is 0 Å². The number of aromatic nitrogens is 2. The van der Waals surface area contributed by atoms with E-state index >= 15 is 0 Å². The number of benzene rings is 2. The van der Waals surface area contributed by atoms with Crippen LogP contribution in [0.25, 0.3) is 10.9 Å². The molecule has 0 amide bonds. The fourth-order valence-electron chi connectivity index (χ4n) is 2.75. The summed E-state index contributed by atoms with van der Waals surface area (Å²) < 4.78 is 11.3. The molecule has 6 heteroatoms. The summed E-state index contributed by atoms with van der Waals surface area (Å²) in [6, 6.07) is 13.0. The van der Waals surface area contributed by atoms with Gasteiger partial charge >= 0.3 is 0 Å². The number of rotatable bonds is 8. The molecular formula is C21H23N3O3. The van der Waals surface area contributed by atoms with Crippen molar-refractivity contribution in [3.05, 3.63) is 76.4 Å². The molecule has 0 fully saturated rings. The normalized spacial score (nSPS) is 10.7. The third-order valence-corrected chi connectivity index (χ3v) is 4.01. The molecule has 0 unspecified atom stereocenters. The summed E-state index contributed by atoms with van der Waals surface area (Å²) in [4.78, 5) is 19.5. The minimum atomic E-state index is -0.135. The van der Waals surface area contributed by atoms with Crippen molar-refractivity contribution in [2.24, 2.45) is 0 Å². The van der Waals surface area contributed by atoms with Crippen LogP contribution in [0.15, 0.2) is 59.4 Å². The van der Waals surface area contributed by atoms with E-state index in [2.05, 4.69) is 21.9 Å². The predicted octanol–water partition coefficient (Wildman–Crippen LogP) is 3.18. The maximum atomic E-state index is 12.2. The lowest BCUT2D eigenvalue weighted by Gasteiger charge is -2.15. The molecule has 27 heavy (non-hydrogen) atoms. The molecule has 3 rings (SSSR count). The summed E-state index contributed by atoms with van der Waals surface area (Å²) in [7, 11) is 1.61. The van der Waals surface area contributed by atoms with E-state index in [4.69, 9.17) is 9.47 Å². The average Bonchev–Trinajstić information content (AvgIpc) is 2.66. The molecular weight excluding hydrogens is 342 g/mol. The number of nitrogens with one attached hydrogen (secondary N) is 2. The molecule has 0 atom stereocenters. The Labute approximate surface area is 157 Å². The van der Waals surface area contributed by atoms with Crippen LogP contribution >= 0.6 is 0 Å². The van der Waals surface area contributed by atoms with Crippen molar-refractivity contribution in [2.75, 3.05) is 13.7 Å². The van der Waals surface area contributed by atoms with Gasteiger partial charge < -0.3 is 19.8 Å². The van der Waals surface area contributed by atoms with E-state index < -0.39 is 0 Å². The summed E-state index contributed by atoms with van der Waals surface area (Å²) in [6.07, 6.45) is 0. The van der Waals surface area contributed by atoms with Gasteiger partial charge in [0.25, 0.3) is 5.56 Å². The first-order valence-electron chi connectivity index (χ1n) is 8.70. The maximum absolute atomic E-state index is 12.2. The van der Waals surface area contributed by atoms with Gasteiger partial charge in [-0.05, 0) is 30.7 Å². The third-order valence-electron chi connectivity index (χ3n) is 4.01. The zero-order valence-electron chi connectivity index (χ0n) is 15.5. The van der Waals surface area contributed by atoms with Gasteiger partial charge in [-0.25, -0.2) is 4.98 Å². The van der Waals surface area contributed by atoms with Crippen molar-refractivity contribution < 1.29 is 9.47 Å². The largest absolute Gasteiger partial charge is 0.493 e. The van der Waals surface area contributed by atoms with Gasteiger partial charge in [-0.1, -0.05) is 30.8 Å². The van der Waals surface area contributed by atoms with Crippen LogP contribution < -0.4 is 20.3 Å². The number of aromatic amines is 1. The molecule has 1 heterocycles. The van der Waals surface area contributed by atoms with Gasteiger partial charge in [0.15, 0.2) is 11.5 Å². The van der Waals surface area contributed by atoms with Crippen LogP contribution in [0.3, 0.4) is 0 Å². The van der Waals surface area contributed by atoms with Crippen molar-refractivity contribution in [3.8, 4) is 11.5 Å². The van der Waals surface area contributed by atoms with E-state index in [0.29, 0.717) is 47.9 Å². The molecule has 0 aliphatic rings. The highest BCUT2D eigenvalue weighted by atomic mass is 16.5. The Morgan fingerprint density at radius 2 is 2.00 bits per heavy atom. The van der Waals surface area contributed by atoms with Crippen LogP contribution in [0.1, 0.15) is 18.3 Å². The highest BCUT2D eigenvalue weighted by Gasteiger charge is 2.11. The second kappa shape index (κ2) is 8.51. The Balaban J connectivity index is 1.73. The Morgan fingerprint density at radius 1 is 1.19 bits per heavy atom. The summed E-state index contributed by atoms with van der Waals surface area (Å²) in [5.74, 6) is 1.95. The number of H-pyrrole nitrogens is 1. The molecule has 0 radical (unpaired) electrons. The monoisotopic (exact) mass is 365 g/mol. The minimum Gasteiger partial charge on any atom is -0.493 e. The van der Waals surface area contributed by atoms with Crippen LogP contribution in [0.5, 0.6) is 11.5 Å². The second-order valence-electron chi connectivity index (χ2n) is 6.33. The van der Waals surface area contributed by atoms with Gasteiger partial charge in [0, 0.05) is 12.1 Å². The zero-order valence-corrected chi connectivity index (χ0v) is 15.5. The molecule has 2 aromatic carbocycles. The number of nitrogens with zero attached hydrogens (tertiary/aromatic N) is 1. The molecule has 140 valence electrons. The van der Waals surface area contributed by atoms with Gasteiger partial charge in [-0.15, -0.1) is 0 Å². The summed E-state index contributed by atoms with van der Waals surface area (Å²) in [5.41, 5.74) is 2.44. The second-order valence-corrected chi connectivity index (χ2v) is 6.33. The average molecular weight is 365 g/mol. The minimum absolute atomic E-state index is 0.135. The maximum Gasteiger partial charge on any atom is 0.258 e. The molecule has 3 aromatic rings. The number of hydrogen-bond acceptors (Lipinski definition) is 5. The van der Waals surface area contributed by atoms with Crippen LogP contribution in [0.4, 0.5) is 0 Å². The molecule has 0 aliphatic heterocycles. The van der Waals surface area contributed by atoms with E-state index in [1.54, 1.807) is 13.2 Å². The molecule has 1 aromatic heterocycles. The Morgan fingerprint density at radius 3 is 2.78 bits per heavy atom. The van der Waals surface area contributed by atoms with E-state index in [1.807, 2.05) is 43.3 Å². The van der Waals surface area contributed by atoms with Crippen molar-refractivity contribution in [3.63, 3.8) is 0 Å². The van der Waals surface area contributed by atoms with Crippen LogP contribution in [-0.4, -0.2) is 23.7 Å². The lowest BCUT2D eigenvalue weighted by molar-refractivity contribution is 0.315. The van der Waals surface area contributed by atoms with E-state index in [-0.39, 0.29) is 5.56 Å². The Bertz CT molecular complexity index is 1010. The fourth-order valence-corrected chi connectivity index (χ4v) is 2.75. The standard InChI is InChI=1S/C21H23N3O3/c1-14(2)13-27-20-15(7-6-10-18(20)26-3)11-22-12-19-23-17-9-5-4-8-16(17)21(25)24-19/h4-10,22H,1,11-13H2,2-3H3,(H,23,24,25). The molecule has 6 nitrogen and oxygen atoms in total. The molecule has 0 saturated carbocycles. The molecule has 0 aliphatic carbocycles. The number of ether oxygens (including phenoxy) is 2. The number of hydrogen-bond donors (Lipinski definition) is 2. The first-order valence-corrected chi connectivity index (χ1v) is 8.70. The van der Waals surface area contributed by atoms with Crippen molar-refractivity contribution >= 4 is 10.9 Å². The lowest BCUT2D eigenvalue weighted by Crippen LogP contribution is -2.19. The molecule has 0 saturated heterocycles. The third kappa shape index (κ3) is 4.54. The highest BCUT2D eigenvalue weighted by molar-refractivity contribution is 5.77. The summed E-state index contributed by atoms with van der Waals surface area (Å²) in [5, 5.41) is 3.89. The first kappa shape index (κ1) is 18.7. The zero-order chi connectivity index (χ0) is 19.2. The van der Waals surface area contributed by atoms with E-state index in [9.17, 15) is 4.79 Å². The Hall–Kier alpha value is -3.12. The predicted molar refractivity (Wildman–Crippen MR) is 106 cm³/mol. The van der Waals surface area contributed by atoms with Gasteiger partial charge in [0.2, 0.25) is 0 Å². The van der Waals surface area contributed by atoms with Gasteiger partial charge in [-0.2, -0.15) is 0 Å². The van der Waals surface area contributed by atoms with Gasteiger partial charge in [0.1, 0.15) is 12.4 Å². The number of para-hydroxylation sites is 2. The van der Waals surface area contributed by atoms with Gasteiger partial charge in [0.05, 0.1) is 24.6 Å². The quantitative estimate of drug-likeness (QED) is 0.600. The van der Waals surface area contributed by atoms with Gasteiger partial charge in [-0.3, -0.25) is 4.79 Å². The number of methoxy groups -OCH3 is 1. The first-order chi connectivity index (χ1) is 13.1. The molecule has 0 bridgehead atoms. The Kier molecular flexibility index (Phi) is 5.88. The molecule has 0 spiro atoms. The van der Waals surface area contributed by atoms with Crippen molar-refractivity contribution in [1.82, 2.24) is 15.3 Å². The highest BCUT2D eigenvalue weighted by Crippen LogP contribution is 2.31. The van der Waals surface area contributed by atoms with Crippen molar-refractivity contribution in [1.29, 1.82) is 0 Å². The van der Waals surface area contributed by atoms with E-state index in [1.165, 1.54) is 0 Å². The lowest BCUT2D eigenvalue weighted by atomic mass is 10.2. The molecule has 2 N–H and O–H groups in total. The topological polar surface area (TPSA) is 76.2 Å². The smallest absolute Gasteiger partial charge is 0.258 e. The number of fused-ring (bicyclic) bond motifs is 1.